The zero-order chi connectivity index (χ0) is 22.4. The summed E-state index contributed by atoms with van der Waals surface area (Å²) in [5.74, 6) is -1.57. The lowest BCUT2D eigenvalue weighted by atomic mass is 9.98. The Hall–Kier alpha value is -0.970. The first-order chi connectivity index (χ1) is 14.2. The third-order valence-corrected chi connectivity index (χ3v) is 5.04. The van der Waals surface area contributed by atoms with Crippen LogP contribution >= 0.6 is 0 Å². The summed E-state index contributed by atoms with van der Waals surface area (Å²) in [6.07, 6.45) is -13.9. The molecule has 2 aliphatic heterocycles. The minimum atomic E-state index is -1.87. The number of aliphatic hydroxyl groups excluding tert-OH is 6. The molecule has 176 valence electrons. The molecule has 13 nitrogen and oxygen atoms in total. The molecule has 0 bridgehead atoms. The molecule has 9 N–H and O–H groups in total. The Kier molecular flexibility index (Phi) is 9.77. The van der Waals surface area contributed by atoms with Crippen molar-refractivity contribution >= 4 is 5.97 Å². The van der Waals surface area contributed by atoms with Crippen LogP contribution in [0.25, 0.3) is 0 Å². The maximum Gasteiger partial charge on any atom is 0.335 e. The minimum Gasteiger partial charge on any atom is -0.479 e. The van der Waals surface area contributed by atoms with Crippen LogP contribution in [0.1, 0.15) is 19.3 Å². The van der Waals surface area contributed by atoms with Crippen molar-refractivity contribution in [1.29, 1.82) is 0 Å². The van der Waals surface area contributed by atoms with Gasteiger partial charge in [-0.1, -0.05) is 0 Å². The summed E-state index contributed by atoms with van der Waals surface area (Å²) in [7, 11) is 0. The van der Waals surface area contributed by atoms with Gasteiger partial charge in [-0.2, -0.15) is 0 Å². The third kappa shape index (κ3) is 6.05. The molecule has 2 rings (SSSR count). The Morgan fingerprint density at radius 1 is 0.767 bits per heavy atom. The van der Waals surface area contributed by atoms with Crippen LogP contribution in [0.4, 0.5) is 0 Å². The number of nitrogens with two attached hydrogens (primary N) is 1. The fraction of sp³-hybridized carbons (Fsp3) is 0.941. The van der Waals surface area contributed by atoms with Crippen molar-refractivity contribution in [2.75, 3.05) is 19.8 Å². The van der Waals surface area contributed by atoms with E-state index in [0.717, 1.165) is 12.8 Å². The van der Waals surface area contributed by atoms with Gasteiger partial charge in [-0.3, -0.25) is 0 Å². The number of unbranched alkanes of at least 4 members (excludes halogenated alkanes) is 2. The number of carboxylic acids is 1. The number of aliphatic hydroxyl groups is 6. The first-order valence-corrected chi connectivity index (χ1v) is 9.74. The van der Waals surface area contributed by atoms with Crippen molar-refractivity contribution in [1.82, 2.24) is 0 Å². The van der Waals surface area contributed by atoms with Gasteiger partial charge in [0, 0.05) is 6.61 Å². The molecular formula is C17H31NO12. The van der Waals surface area contributed by atoms with Crippen molar-refractivity contribution in [3.05, 3.63) is 0 Å². The summed E-state index contributed by atoms with van der Waals surface area (Å²) in [5, 5.41) is 68.7. The smallest absolute Gasteiger partial charge is 0.335 e. The molecule has 0 spiro atoms. The second kappa shape index (κ2) is 11.6. The number of aliphatic carboxylic acids is 1. The van der Waals surface area contributed by atoms with Gasteiger partial charge in [0.25, 0.3) is 0 Å². The highest BCUT2D eigenvalue weighted by atomic mass is 16.7. The highest BCUT2D eigenvalue weighted by molar-refractivity contribution is 5.73. The minimum absolute atomic E-state index is 0.215. The van der Waals surface area contributed by atoms with Gasteiger partial charge in [0.2, 0.25) is 0 Å². The van der Waals surface area contributed by atoms with Crippen LogP contribution < -0.4 is 5.73 Å². The largest absolute Gasteiger partial charge is 0.479 e. The van der Waals surface area contributed by atoms with Crippen molar-refractivity contribution in [3.8, 4) is 0 Å². The molecule has 0 aromatic rings. The Balaban J connectivity index is 1.92. The summed E-state index contributed by atoms with van der Waals surface area (Å²) in [6, 6.07) is 0. The lowest BCUT2D eigenvalue weighted by Crippen LogP contribution is -2.62. The summed E-state index contributed by atoms with van der Waals surface area (Å²) in [4.78, 5) is 11.1. The van der Waals surface area contributed by atoms with Gasteiger partial charge in [-0.05, 0) is 25.8 Å². The number of carbonyl (C=O) groups is 1. The average Bonchev–Trinajstić information content (AvgIpc) is 2.71. The highest BCUT2D eigenvalue weighted by Crippen LogP contribution is 2.26. The maximum atomic E-state index is 11.1. The van der Waals surface area contributed by atoms with E-state index in [1.54, 1.807) is 0 Å². The Morgan fingerprint density at radius 3 is 1.97 bits per heavy atom. The molecule has 0 radical (unpaired) electrons. The summed E-state index contributed by atoms with van der Waals surface area (Å²) in [5.41, 5.74) is 5.40. The summed E-state index contributed by atoms with van der Waals surface area (Å²) < 4.78 is 21.1. The Bertz CT molecular complexity index is 539. The first-order valence-electron chi connectivity index (χ1n) is 9.74. The fourth-order valence-corrected chi connectivity index (χ4v) is 3.19. The molecule has 10 atom stereocenters. The van der Waals surface area contributed by atoms with Crippen molar-refractivity contribution in [3.63, 3.8) is 0 Å². The zero-order valence-corrected chi connectivity index (χ0v) is 16.3. The van der Waals surface area contributed by atoms with E-state index in [0.29, 0.717) is 13.0 Å². The molecule has 0 aromatic heterocycles. The average molecular weight is 441 g/mol. The number of rotatable bonds is 10. The highest BCUT2D eigenvalue weighted by Gasteiger charge is 2.49. The second-order valence-electron chi connectivity index (χ2n) is 7.30. The van der Waals surface area contributed by atoms with Crippen LogP contribution in [0, 0.1) is 0 Å². The quantitative estimate of drug-likeness (QED) is 0.151. The van der Waals surface area contributed by atoms with Gasteiger partial charge < -0.3 is 60.4 Å². The maximum absolute atomic E-state index is 11.1. The normalized spacial score (nSPS) is 42.2. The van der Waals surface area contributed by atoms with Crippen LogP contribution in [0.5, 0.6) is 0 Å². The van der Waals surface area contributed by atoms with E-state index in [1.807, 2.05) is 0 Å². The van der Waals surface area contributed by atoms with Gasteiger partial charge in [0.1, 0.15) is 42.7 Å². The molecule has 2 aliphatic rings. The summed E-state index contributed by atoms with van der Waals surface area (Å²) >= 11 is 0. The number of hydrogen-bond acceptors (Lipinski definition) is 12. The van der Waals surface area contributed by atoms with Gasteiger partial charge in [-0.25, -0.2) is 4.79 Å². The van der Waals surface area contributed by atoms with E-state index < -0.39 is 74.0 Å². The standard InChI is InChI=1S/C17H31NO12/c18-4-2-1-3-5-27-16-12(23)9(20)8(19)7(29-16)6-28-17-13(24)10(21)11(22)14(30-17)15(25)26/h7-14,16-17,19-24H,1-6,18H2,(H,25,26)/t7-,8-,9+,10+,11+,12-,13-,14+,16+,17+/m1/s1. The molecule has 2 saturated heterocycles. The molecule has 2 fully saturated rings. The van der Waals surface area contributed by atoms with Gasteiger partial charge in [0.15, 0.2) is 18.7 Å². The van der Waals surface area contributed by atoms with Gasteiger partial charge in [-0.15, -0.1) is 0 Å². The fourth-order valence-electron chi connectivity index (χ4n) is 3.19. The molecule has 0 aromatic carbocycles. The topological polar surface area (TPSA) is 222 Å². The van der Waals surface area contributed by atoms with E-state index in [1.165, 1.54) is 0 Å². The molecule has 13 heteroatoms. The lowest BCUT2D eigenvalue weighted by Gasteiger charge is -2.42. The number of carboxylic acid groups (broad SMARTS) is 1. The molecule has 0 amide bonds. The molecule has 0 saturated carbocycles. The molecule has 0 unspecified atom stereocenters. The predicted octanol–water partition coefficient (Wildman–Crippen LogP) is -4.15. The van der Waals surface area contributed by atoms with Crippen LogP contribution in [-0.4, -0.2) is 123 Å². The SMILES string of the molecule is NCCCCCO[C@H]1O[C@H](CO[C@H]2O[C@H](C(=O)O)[C@@H](O)[C@H](O)[C@H]2O)[C@@H](O)[C@H](O)[C@H]1O. The number of hydrogen-bond donors (Lipinski definition) is 8. The van der Waals surface area contributed by atoms with Crippen molar-refractivity contribution in [2.45, 2.75) is 80.7 Å². The molecular weight excluding hydrogens is 410 g/mol. The zero-order valence-electron chi connectivity index (χ0n) is 16.3. The van der Waals surface area contributed by atoms with Crippen LogP contribution in [-0.2, 0) is 23.7 Å². The Labute approximate surface area is 172 Å². The predicted molar refractivity (Wildman–Crippen MR) is 95.8 cm³/mol. The Morgan fingerprint density at radius 2 is 1.37 bits per heavy atom. The van der Waals surface area contributed by atoms with Crippen LogP contribution in [0.3, 0.4) is 0 Å². The van der Waals surface area contributed by atoms with E-state index in [9.17, 15) is 35.4 Å². The van der Waals surface area contributed by atoms with Gasteiger partial charge in [0.05, 0.1) is 6.61 Å². The third-order valence-electron chi connectivity index (χ3n) is 5.04. The van der Waals surface area contributed by atoms with Crippen molar-refractivity contribution < 1.29 is 59.5 Å². The monoisotopic (exact) mass is 441 g/mol. The van der Waals surface area contributed by atoms with E-state index in [4.69, 9.17) is 29.8 Å². The van der Waals surface area contributed by atoms with Crippen molar-refractivity contribution in [2.24, 2.45) is 5.73 Å². The van der Waals surface area contributed by atoms with E-state index >= 15 is 0 Å². The van der Waals surface area contributed by atoms with E-state index in [2.05, 4.69) is 0 Å². The lowest BCUT2D eigenvalue weighted by molar-refractivity contribution is -0.327. The van der Waals surface area contributed by atoms with E-state index in [-0.39, 0.29) is 6.61 Å². The second-order valence-corrected chi connectivity index (χ2v) is 7.30. The van der Waals surface area contributed by atoms with Crippen LogP contribution in [0.15, 0.2) is 0 Å². The van der Waals surface area contributed by atoms with Crippen LogP contribution in [0.2, 0.25) is 0 Å². The summed E-state index contributed by atoms with van der Waals surface area (Å²) in [6.45, 7) is 0.248. The molecule has 2 heterocycles. The molecule has 30 heavy (non-hydrogen) atoms. The van der Waals surface area contributed by atoms with Gasteiger partial charge >= 0.3 is 5.97 Å². The molecule has 0 aliphatic carbocycles. The number of ether oxygens (including phenoxy) is 4. The first kappa shape index (κ1) is 25.3.